The van der Waals surface area contributed by atoms with E-state index < -0.39 is 0 Å². The number of piperazine rings is 1. The third-order valence-electron chi connectivity index (χ3n) is 4.05. The highest BCUT2D eigenvalue weighted by molar-refractivity contribution is 5.32. The molecule has 0 bridgehead atoms. The fourth-order valence-corrected chi connectivity index (χ4v) is 2.93. The van der Waals surface area contributed by atoms with E-state index in [2.05, 4.69) is 46.4 Å². The molecule has 1 aromatic carbocycles. The quantitative estimate of drug-likeness (QED) is 0.780. The highest BCUT2D eigenvalue weighted by atomic mass is 15.3. The van der Waals surface area contributed by atoms with E-state index in [0.717, 1.165) is 13.1 Å². The van der Waals surface area contributed by atoms with Crippen molar-refractivity contribution in [1.29, 1.82) is 0 Å². The van der Waals surface area contributed by atoms with Crippen LogP contribution in [0.5, 0.6) is 0 Å². The summed E-state index contributed by atoms with van der Waals surface area (Å²) in [6, 6.07) is 9.46. The Balaban J connectivity index is 1.80. The number of rotatable bonds is 1. The predicted octanol–water partition coefficient (Wildman–Crippen LogP) is 1.08. The number of fused-ring (bicyclic) bond motifs is 1. The number of hydrogen-bond donors (Lipinski definition) is 1. The minimum absolute atomic E-state index is 0.577. The molecule has 0 spiro atoms. The molecule has 0 aromatic heterocycles. The number of likely N-dealkylation sites (N-methyl/N-ethyl adjacent to an activating group) is 1. The smallest absolute Gasteiger partial charge is 0.0477 e. The van der Waals surface area contributed by atoms with Gasteiger partial charge in [-0.1, -0.05) is 24.3 Å². The van der Waals surface area contributed by atoms with E-state index in [9.17, 15) is 0 Å². The molecule has 2 aliphatic rings. The lowest BCUT2D eigenvalue weighted by molar-refractivity contribution is 0.106. The maximum absolute atomic E-state index is 3.54. The maximum atomic E-state index is 3.54. The first-order chi connectivity index (χ1) is 8.34. The van der Waals surface area contributed by atoms with Crippen LogP contribution in [0.1, 0.15) is 17.2 Å². The van der Waals surface area contributed by atoms with Crippen molar-refractivity contribution in [1.82, 2.24) is 15.1 Å². The minimum Gasteiger partial charge on any atom is -0.311 e. The lowest BCUT2D eigenvalue weighted by atomic mass is 9.95. The predicted molar refractivity (Wildman–Crippen MR) is 70.0 cm³/mol. The molecule has 3 rings (SSSR count). The Morgan fingerprint density at radius 3 is 2.71 bits per heavy atom. The highest BCUT2D eigenvalue weighted by Crippen LogP contribution is 2.27. The van der Waals surface area contributed by atoms with E-state index >= 15 is 0 Å². The molecule has 2 aliphatic heterocycles. The summed E-state index contributed by atoms with van der Waals surface area (Å²) in [5.41, 5.74) is 3.01. The van der Waals surface area contributed by atoms with Crippen molar-refractivity contribution in [3.63, 3.8) is 0 Å². The van der Waals surface area contributed by atoms with Crippen molar-refractivity contribution in [3.8, 4) is 0 Å². The van der Waals surface area contributed by atoms with Gasteiger partial charge >= 0.3 is 0 Å². The van der Waals surface area contributed by atoms with Gasteiger partial charge in [0.05, 0.1) is 0 Å². The van der Waals surface area contributed by atoms with Crippen LogP contribution >= 0.6 is 0 Å². The molecular formula is C14H21N3. The standard InChI is InChI=1S/C14H21N3/c1-16-6-8-17(9-7-16)14-11-15-10-12-4-2-3-5-13(12)14/h2-5,14-15H,6-11H2,1H3/t14-/m0/s1. The molecule has 2 heterocycles. The van der Waals surface area contributed by atoms with Gasteiger partial charge in [-0.05, 0) is 18.2 Å². The van der Waals surface area contributed by atoms with Gasteiger partial charge in [0.15, 0.2) is 0 Å². The first-order valence-corrected chi connectivity index (χ1v) is 6.56. The Labute approximate surface area is 103 Å². The van der Waals surface area contributed by atoms with Gasteiger partial charge in [-0.2, -0.15) is 0 Å². The summed E-state index contributed by atoms with van der Waals surface area (Å²) in [5, 5.41) is 3.54. The lowest BCUT2D eigenvalue weighted by Gasteiger charge is -2.40. The van der Waals surface area contributed by atoms with Crippen molar-refractivity contribution >= 4 is 0 Å². The fourth-order valence-electron chi connectivity index (χ4n) is 2.93. The topological polar surface area (TPSA) is 18.5 Å². The van der Waals surface area contributed by atoms with Crippen molar-refractivity contribution in [2.24, 2.45) is 0 Å². The minimum atomic E-state index is 0.577. The average molecular weight is 231 g/mol. The molecule has 92 valence electrons. The molecule has 0 radical (unpaired) electrons. The zero-order chi connectivity index (χ0) is 11.7. The molecule has 3 heteroatoms. The van der Waals surface area contributed by atoms with Crippen LogP contribution in [-0.4, -0.2) is 49.6 Å². The fraction of sp³-hybridized carbons (Fsp3) is 0.571. The average Bonchev–Trinajstić information content (AvgIpc) is 2.39. The summed E-state index contributed by atoms with van der Waals surface area (Å²) in [7, 11) is 2.21. The molecule has 0 saturated carbocycles. The van der Waals surface area contributed by atoms with Crippen molar-refractivity contribution in [2.45, 2.75) is 12.6 Å². The number of nitrogens with one attached hydrogen (secondary N) is 1. The van der Waals surface area contributed by atoms with E-state index in [-0.39, 0.29) is 0 Å². The van der Waals surface area contributed by atoms with Crippen molar-refractivity contribution in [2.75, 3.05) is 39.8 Å². The maximum Gasteiger partial charge on any atom is 0.0477 e. The summed E-state index contributed by atoms with van der Waals surface area (Å²) in [4.78, 5) is 5.05. The molecule has 1 N–H and O–H groups in total. The Hall–Kier alpha value is -0.900. The summed E-state index contributed by atoms with van der Waals surface area (Å²) < 4.78 is 0. The Morgan fingerprint density at radius 2 is 1.88 bits per heavy atom. The molecule has 1 aromatic rings. The van der Waals surface area contributed by atoms with Crippen LogP contribution in [0.15, 0.2) is 24.3 Å². The monoisotopic (exact) mass is 231 g/mol. The van der Waals surface area contributed by atoms with E-state index in [4.69, 9.17) is 0 Å². The summed E-state index contributed by atoms with van der Waals surface area (Å²) in [6.45, 7) is 6.90. The van der Waals surface area contributed by atoms with E-state index in [1.54, 1.807) is 0 Å². The molecule has 1 fully saturated rings. The molecule has 17 heavy (non-hydrogen) atoms. The van der Waals surface area contributed by atoms with Gasteiger partial charge in [0.25, 0.3) is 0 Å². The lowest BCUT2D eigenvalue weighted by Crippen LogP contribution is -2.49. The van der Waals surface area contributed by atoms with Gasteiger partial charge in [0.2, 0.25) is 0 Å². The number of hydrogen-bond acceptors (Lipinski definition) is 3. The third kappa shape index (κ3) is 2.23. The zero-order valence-corrected chi connectivity index (χ0v) is 10.5. The molecular weight excluding hydrogens is 210 g/mol. The SMILES string of the molecule is CN1CCN([C@H]2CNCc3ccccc32)CC1. The van der Waals surface area contributed by atoms with Gasteiger partial charge in [-0.25, -0.2) is 0 Å². The summed E-state index contributed by atoms with van der Waals surface area (Å²) in [6.07, 6.45) is 0. The molecule has 1 atom stereocenters. The second-order valence-corrected chi connectivity index (χ2v) is 5.18. The van der Waals surface area contributed by atoms with Crippen molar-refractivity contribution < 1.29 is 0 Å². The van der Waals surface area contributed by atoms with Crippen molar-refractivity contribution in [3.05, 3.63) is 35.4 Å². The number of nitrogens with zero attached hydrogens (tertiary/aromatic N) is 2. The highest BCUT2D eigenvalue weighted by Gasteiger charge is 2.27. The second-order valence-electron chi connectivity index (χ2n) is 5.18. The van der Waals surface area contributed by atoms with Gasteiger partial charge < -0.3 is 10.2 Å². The van der Waals surface area contributed by atoms with Gasteiger partial charge in [0.1, 0.15) is 0 Å². The zero-order valence-electron chi connectivity index (χ0n) is 10.5. The molecule has 0 aliphatic carbocycles. The van der Waals surface area contributed by atoms with Gasteiger partial charge in [-0.3, -0.25) is 4.90 Å². The van der Waals surface area contributed by atoms with Crippen LogP contribution < -0.4 is 5.32 Å². The van der Waals surface area contributed by atoms with Gasteiger partial charge in [0, 0.05) is 45.3 Å². The Bertz CT molecular complexity index is 383. The van der Waals surface area contributed by atoms with Crippen LogP contribution in [-0.2, 0) is 6.54 Å². The molecule has 0 unspecified atom stereocenters. The van der Waals surface area contributed by atoms with Crippen LogP contribution in [0.2, 0.25) is 0 Å². The Kier molecular flexibility index (Phi) is 3.14. The van der Waals surface area contributed by atoms with E-state index in [1.807, 2.05) is 0 Å². The van der Waals surface area contributed by atoms with E-state index in [0.29, 0.717) is 6.04 Å². The summed E-state index contributed by atoms with van der Waals surface area (Å²) in [5.74, 6) is 0. The normalized spacial score (nSPS) is 26.8. The van der Waals surface area contributed by atoms with Crippen LogP contribution in [0.3, 0.4) is 0 Å². The largest absolute Gasteiger partial charge is 0.311 e. The van der Waals surface area contributed by atoms with Crippen LogP contribution in [0, 0.1) is 0 Å². The van der Waals surface area contributed by atoms with E-state index in [1.165, 1.54) is 37.3 Å². The first-order valence-electron chi connectivity index (χ1n) is 6.56. The second kappa shape index (κ2) is 4.77. The number of benzene rings is 1. The van der Waals surface area contributed by atoms with Gasteiger partial charge in [-0.15, -0.1) is 0 Å². The molecule has 3 nitrogen and oxygen atoms in total. The Morgan fingerprint density at radius 1 is 1.12 bits per heavy atom. The summed E-state index contributed by atoms with van der Waals surface area (Å²) >= 11 is 0. The molecule has 1 saturated heterocycles. The van der Waals surface area contributed by atoms with Crippen LogP contribution in [0.25, 0.3) is 0 Å². The van der Waals surface area contributed by atoms with Crippen LogP contribution in [0.4, 0.5) is 0 Å². The first kappa shape index (κ1) is 11.2. The third-order valence-corrected chi connectivity index (χ3v) is 4.05. The molecule has 0 amide bonds.